The molecule has 0 heterocycles. The van der Waals surface area contributed by atoms with E-state index in [1.807, 2.05) is 30.3 Å². The van der Waals surface area contributed by atoms with Crippen LogP contribution < -0.4 is 9.04 Å². The normalized spacial score (nSPS) is 11.2. The molecule has 3 aromatic carbocycles. The van der Waals surface area contributed by atoms with E-state index in [0.717, 1.165) is 11.8 Å². The lowest BCUT2D eigenvalue weighted by Gasteiger charge is -2.23. The van der Waals surface area contributed by atoms with Crippen molar-refractivity contribution in [2.45, 2.75) is 13.2 Å². The van der Waals surface area contributed by atoms with E-state index in [-0.39, 0.29) is 6.54 Å². The minimum absolute atomic E-state index is 0.0858. The van der Waals surface area contributed by atoms with Crippen LogP contribution in [0, 0.1) is 0 Å². The number of anilines is 1. The Hall–Kier alpha value is -2.21. The van der Waals surface area contributed by atoms with Gasteiger partial charge in [0.15, 0.2) is 0 Å². The molecule has 0 aliphatic carbocycles. The Labute approximate surface area is 175 Å². The van der Waals surface area contributed by atoms with Crippen LogP contribution in [0.25, 0.3) is 0 Å². The van der Waals surface area contributed by atoms with E-state index in [2.05, 4.69) is 0 Å². The number of nitrogens with zero attached hydrogens (tertiary/aromatic N) is 1. The summed E-state index contributed by atoms with van der Waals surface area (Å²) in [6.45, 7) is 0.524. The monoisotopic (exact) mass is 435 g/mol. The number of halogens is 2. The molecule has 0 fully saturated rings. The Morgan fingerprint density at radius 2 is 1.57 bits per heavy atom. The van der Waals surface area contributed by atoms with Gasteiger partial charge < -0.3 is 4.74 Å². The van der Waals surface area contributed by atoms with Gasteiger partial charge >= 0.3 is 0 Å². The van der Waals surface area contributed by atoms with Gasteiger partial charge in [-0.05, 0) is 41.5 Å². The largest absolute Gasteiger partial charge is 0.489 e. The second-order valence-corrected chi connectivity index (χ2v) is 8.94. The third kappa shape index (κ3) is 5.19. The lowest BCUT2D eigenvalue weighted by atomic mass is 10.2. The van der Waals surface area contributed by atoms with Gasteiger partial charge in [-0.15, -0.1) is 0 Å². The second-order valence-electron chi connectivity index (χ2n) is 6.25. The summed E-state index contributed by atoms with van der Waals surface area (Å²) in [6.07, 6.45) is 1.16. The van der Waals surface area contributed by atoms with Crippen LogP contribution in [0.15, 0.2) is 72.8 Å². The molecule has 0 N–H and O–H groups in total. The fourth-order valence-electron chi connectivity index (χ4n) is 2.67. The summed E-state index contributed by atoms with van der Waals surface area (Å²) >= 11 is 12.3. The average molecular weight is 436 g/mol. The van der Waals surface area contributed by atoms with Gasteiger partial charge in [0, 0.05) is 0 Å². The molecule has 3 aromatic rings. The third-order valence-corrected chi connectivity index (χ3v) is 6.12. The van der Waals surface area contributed by atoms with Crippen LogP contribution >= 0.6 is 23.2 Å². The van der Waals surface area contributed by atoms with Crippen LogP contribution in [-0.2, 0) is 23.2 Å². The molecule has 0 saturated carbocycles. The van der Waals surface area contributed by atoms with Crippen LogP contribution in [0.4, 0.5) is 5.69 Å². The first-order valence-corrected chi connectivity index (χ1v) is 11.1. The van der Waals surface area contributed by atoms with E-state index < -0.39 is 10.0 Å². The zero-order valence-electron chi connectivity index (χ0n) is 15.2. The van der Waals surface area contributed by atoms with Crippen molar-refractivity contribution in [1.29, 1.82) is 0 Å². The molecular weight excluding hydrogens is 417 g/mol. The molecule has 0 spiro atoms. The van der Waals surface area contributed by atoms with Gasteiger partial charge in [-0.1, -0.05) is 65.7 Å². The Kier molecular flexibility index (Phi) is 6.50. The molecule has 7 heteroatoms. The zero-order valence-corrected chi connectivity index (χ0v) is 17.5. The predicted octanol–water partition coefficient (Wildman–Crippen LogP) is 5.54. The highest BCUT2D eigenvalue weighted by molar-refractivity contribution is 7.92. The summed E-state index contributed by atoms with van der Waals surface area (Å²) in [6, 6.07) is 21.9. The maximum Gasteiger partial charge on any atom is 0.232 e. The highest BCUT2D eigenvalue weighted by Crippen LogP contribution is 2.30. The highest BCUT2D eigenvalue weighted by atomic mass is 35.5. The van der Waals surface area contributed by atoms with E-state index >= 15 is 0 Å². The molecule has 146 valence electrons. The molecule has 3 rings (SSSR count). The van der Waals surface area contributed by atoms with E-state index in [9.17, 15) is 8.42 Å². The first-order chi connectivity index (χ1) is 13.3. The zero-order chi connectivity index (χ0) is 20.1. The molecule has 0 saturated heterocycles. The van der Waals surface area contributed by atoms with Crippen molar-refractivity contribution in [3.05, 3.63) is 94.0 Å². The maximum atomic E-state index is 12.3. The number of hydrogen-bond acceptors (Lipinski definition) is 3. The number of benzene rings is 3. The van der Waals surface area contributed by atoms with E-state index in [1.54, 1.807) is 42.5 Å². The summed E-state index contributed by atoms with van der Waals surface area (Å²) in [4.78, 5) is 0. The lowest BCUT2D eigenvalue weighted by Crippen LogP contribution is -2.29. The van der Waals surface area contributed by atoms with Crippen LogP contribution in [-0.4, -0.2) is 14.7 Å². The first kappa shape index (κ1) is 20.5. The molecule has 0 aliphatic heterocycles. The quantitative estimate of drug-likeness (QED) is 0.489. The number of sulfonamides is 1. The molecule has 0 aromatic heterocycles. The minimum Gasteiger partial charge on any atom is -0.489 e. The Bertz CT molecular complexity index is 1040. The van der Waals surface area contributed by atoms with Crippen LogP contribution in [0.5, 0.6) is 5.75 Å². The number of hydrogen-bond donors (Lipinski definition) is 0. The van der Waals surface area contributed by atoms with E-state index in [1.165, 1.54) is 4.31 Å². The first-order valence-electron chi connectivity index (χ1n) is 8.52. The molecule has 0 unspecified atom stereocenters. The summed E-state index contributed by atoms with van der Waals surface area (Å²) < 4.78 is 31.7. The lowest BCUT2D eigenvalue weighted by molar-refractivity contribution is 0.306. The van der Waals surface area contributed by atoms with E-state index in [0.29, 0.717) is 33.7 Å². The molecule has 0 radical (unpaired) electrons. The van der Waals surface area contributed by atoms with Gasteiger partial charge in [-0.3, -0.25) is 4.31 Å². The molecule has 0 atom stereocenters. The summed E-state index contributed by atoms with van der Waals surface area (Å²) in [5.41, 5.74) is 2.20. The Morgan fingerprint density at radius 3 is 2.21 bits per heavy atom. The maximum absolute atomic E-state index is 12.3. The smallest absolute Gasteiger partial charge is 0.232 e. The Morgan fingerprint density at radius 1 is 0.893 bits per heavy atom. The van der Waals surface area contributed by atoms with Crippen molar-refractivity contribution in [2.75, 3.05) is 10.6 Å². The second kappa shape index (κ2) is 8.86. The van der Waals surface area contributed by atoms with Crippen molar-refractivity contribution >= 4 is 38.9 Å². The molecular formula is C21H19Cl2NO3S. The standard InChI is InChI=1S/C21H19Cl2NO3S/c1-28(25,26)24(14-17-8-5-9-20(22)21(17)23)18-10-12-19(13-11-18)27-15-16-6-3-2-4-7-16/h2-13H,14-15H2,1H3. The highest BCUT2D eigenvalue weighted by Gasteiger charge is 2.19. The summed E-state index contributed by atoms with van der Waals surface area (Å²) in [7, 11) is -3.52. The van der Waals surface area contributed by atoms with E-state index in [4.69, 9.17) is 27.9 Å². The van der Waals surface area contributed by atoms with Crippen LogP contribution in [0.1, 0.15) is 11.1 Å². The fraction of sp³-hybridized carbons (Fsp3) is 0.143. The SMILES string of the molecule is CS(=O)(=O)N(Cc1cccc(Cl)c1Cl)c1ccc(OCc2ccccc2)cc1. The average Bonchev–Trinajstić information content (AvgIpc) is 2.68. The molecule has 0 amide bonds. The van der Waals surface area contributed by atoms with Crippen LogP contribution in [0.3, 0.4) is 0 Å². The topological polar surface area (TPSA) is 46.6 Å². The molecule has 0 bridgehead atoms. The summed E-state index contributed by atoms with van der Waals surface area (Å²) in [5, 5.41) is 0.734. The molecule has 28 heavy (non-hydrogen) atoms. The Balaban J connectivity index is 1.78. The van der Waals surface area contributed by atoms with Crippen molar-refractivity contribution in [3.63, 3.8) is 0 Å². The van der Waals surface area contributed by atoms with Crippen molar-refractivity contribution in [2.24, 2.45) is 0 Å². The summed E-state index contributed by atoms with van der Waals surface area (Å²) in [5.74, 6) is 0.654. The van der Waals surface area contributed by atoms with Gasteiger partial charge in [0.2, 0.25) is 10.0 Å². The third-order valence-electron chi connectivity index (χ3n) is 4.12. The van der Waals surface area contributed by atoms with Gasteiger partial charge in [0.25, 0.3) is 0 Å². The number of ether oxygens (including phenoxy) is 1. The van der Waals surface area contributed by atoms with Crippen molar-refractivity contribution < 1.29 is 13.2 Å². The number of rotatable bonds is 7. The van der Waals surface area contributed by atoms with Gasteiger partial charge in [0.05, 0.1) is 28.5 Å². The minimum atomic E-state index is -3.52. The fourth-order valence-corrected chi connectivity index (χ4v) is 3.93. The van der Waals surface area contributed by atoms with Crippen LogP contribution in [0.2, 0.25) is 10.0 Å². The predicted molar refractivity (Wildman–Crippen MR) is 115 cm³/mol. The van der Waals surface area contributed by atoms with Crippen molar-refractivity contribution in [1.82, 2.24) is 0 Å². The van der Waals surface area contributed by atoms with Gasteiger partial charge in [0.1, 0.15) is 12.4 Å². The van der Waals surface area contributed by atoms with Gasteiger partial charge in [-0.2, -0.15) is 0 Å². The van der Waals surface area contributed by atoms with Crippen molar-refractivity contribution in [3.8, 4) is 5.75 Å². The molecule has 4 nitrogen and oxygen atoms in total. The van der Waals surface area contributed by atoms with Gasteiger partial charge in [-0.25, -0.2) is 8.42 Å². The molecule has 0 aliphatic rings.